The van der Waals surface area contributed by atoms with Gasteiger partial charge in [0.1, 0.15) is 0 Å². The third-order valence-electron chi connectivity index (χ3n) is 2.51. The number of rotatable bonds is 12. The van der Waals surface area contributed by atoms with Crippen molar-refractivity contribution in [3.63, 3.8) is 0 Å². The van der Waals surface area contributed by atoms with Gasteiger partial charge in [-0.1, -0.05) is 40.5 Å². The fraction of sp³-hybridized carbons (Fsp3) is 0.933. The summed E-state index contributed by atoms with van der Waals surface area (Å²) >= 11 is 0. The lowest BCUT2D eigenvalue weighted by Gasteiger charge is -2.19. The minimum absolute atomic E-state index is 0.181. The second-order valence-electron chi connectivity index (χ2n) is 5.16. The summed E-state index contributed by atoms with van der Waals surface area (Å²) in [4.78, 5) is 11.6. The van der Waals surface area contributed by atoms with Crippen LogP contribution in [0.3, 0.4) is 0 Å². The summed E-state index contributed by atoms with van der Waals surface area (Å²) in [7, 11) is 0. The number of carbonyl (C=O) groups excluding carboxylic acids is 1. The molecule has 0 aliphatic rings. The van der Waals surface area contributed by atoms with E-state index in [1.165, 1.54) is 0 Å². The molecule has 0 bridgehead atoms. The lowest BCUT2D eigenvalue weighted by Crippen LogP contribution is -2.25. The number of hydrogen-bond donors (Lipinski definition) is 0. The van der Waals surface area contributed by atoms with Crippen molar-refractivity contribution in [3.8, 4) is 0 Å². The van der Waals surface area contributed by atoms with Crippen molar-refractivity contribution < 1.29 is 19.0 Å². The summed E-state index contributed by atoms with van der Waals surface area (Å²) in [5.41, 5.74) is 0. The van der Waals surface area contributed by atoms with Crippen LogP contribution in [0.15, 0.2) is 0 Å². The van der Waals surface area contributed by atoms with Crippen molar-refractivity contribution in [2.75, 3.05) is 19.8 Å². The Morgan fingerprint density at radius 1 is 1.00 bits per heavy atom. The van der Waals surface area contributed by atoms with E-state index in [0.717, 1.165) is 25.7 Å². The molecule has 0 rings (SSSR count). The summed E-state index contributed by atoms with van der Waals surface area (Å²) in [5.74, 6) is 0.187. The Balaban J connectivity index is 3.96. The molecule has 0 heterocycles. The van der Waals surface area contributed by atoms with Crippen molar-refractivity contribution in [1.29, 1.82) is 0 Å². The Labute approximate surface area is 117 Å². The van der Waals surface area contributed by atoms with Gasteiger partial charge < -0.3 is 14.2 Å². The second-order valence-corrected chi connectivity index (χ2v) is 5.16. The van der Waals surface area contributed by atoms with Crippen molar-refractivity contribution in [1.82, 2.24) is 0 Å². The van der Waals surface area contributed by atoms with Crippen LogP contribution in [0.4, 0.5) is 0 Å². The first-order valence-electron chi connectivity index (χ1n) is 7.48. The minimum Gasteiger partial charge on any atom is -0.466 e. The Morgan fingerprint density at radius 3 is 2.21 bits per heavy atom. The van der Waals surface area contributed by atoms with Crippen LogP contribution in [0.25, 0.3) is 0 Å². The molecule has 0 aromatic carbocycles. The van der Waals surface area contributed by atoms with Crippen molar-refractivity contribution in [3.05, 3.63) is 0 Å². The van der Waals surface area contributed by atoms with Gasteiger partial charge in [0.05, 0.1) is 19.6 Å². The van der Waals surface area contributed by atoms with Gasteiger partial charge in [0.2, 0.25) is 0 Å². The van der Waals surface area contributed by atoms with Crippen LogP contribution in [-0.4, -0.2) is 32.1 Å². The fourth-order valence-electron chi connectivity index (χ4n) is 1.35. The highest BCUT2D eigenvalue weighted by atomic mass is 16.7. The number of unbranched alkanes of at least 4 members (excludes halogenated alkanes) is 2. The Kier molecular flexibility index (Phi) is 12.0. The molecular weight excluding hydrogens is 244 g/mol. The Bertz CT molecular complexity index is 216. The largest absolute Gasteiger partial charge is 0.466 e. The third-order valence-corrected chi connectivity index (χ3v) is 2.51. The third kappa shape index (κ3) is 12.2. The predicted molar refractivity (Wildman–Crippen MR) is 75.9 cm³/mol. The Hall–Kier alpha value is -0.610. The van der Waals surface area contributed by atoms with Crippen molar-refractivity contribution >= 4 is 5.97 Å². The summed E-state index contributed by atoms with van der Waals surface area (Å²) in [6, 6.07) is 0. The van der Waals surface area contributed by atoms with E-state index in [0.29, 0.717) is 25.7 Å². The maximum absolute atomic E-state index is 11.6. The van der Waals surface area contributed by atoms with Gasteiger partial charge >= 0.3 is 5.97 Å². The van der Waals surface area contributed by atoms with Crippen LogP contribution < -0.4 is 0 Å². The topological polar surface area (TPSA) is 44.8 Å². The standard InChI is InChI=1S/C15H30O4/c1-5-7-9-17-14(16)11-15(18-10-8-6-2)19-12-13(3)4/h13,15H,5-12H2,1-4H3. The molecule has 0 fully saturated rings. The first-order chi connectivity index (χ1) is 9.10. The monoisotopic (exact) mass is 274 g/mol. The SMILES string of the molecule is CCCCOC(=O)CC(OCCCC)OCC(C)C. The molecule has 0 aromatic rings. The van der Waals surface area contributed by atoms with Gasteiger partial charge in [-0.25, -0.2) is 0 Å². The van der Waals surface area contributed by atoms with Gasteiger partial charge in [0, 0.05) is 6.61 Å². The van der Waals surface area contributed by atoms with E-state index in [-0.39, 0.29) is 12.4 Å². The molecule has 0 radical (unpaired) electrons. The van der Waals surface area contributed by atoms with E-state index in [1.807, 2.05) is 0 Å². The molecule has 0 N–H and O–H groups in total. The zero-order valence-electron chi connectivity index (χ0n) is 12.9. The van der Waals surface area contributed by atoms with Crippen molar-refractivity contribution in [2.24, 2.45) is 5.92 Å². The zero-order chi connectivity index (χ0) is 14.5. The van der Waals surface area contributed by atoms with E-state index >= 15 is 0 Å². The van der Waals surface area contributed by atoms with E-state index in [1.54, 1.807) is 0 Å². The van der Waals surface area contributed by atoms with Crippen molar-refractivity contribution in [2.45, 2.75) is 66.1 Å². The van der Waals surface area contributed by atoms with Crippen LogP contribution in [-0.2, 0) is 19.0 Å². The summed E-state index contributed by atoms with van der Waals surface area (Å²) in [5, 5.41) is 0. The number of ether oxygens (including phenoxy) is 3. The lowest BCUT2D eigenvalue weighted by molar-refractivity contribution is -0.174. The van der Waals surface area contributed by atoms with Gasteiger partial charge in [-0.2, -0.15) is 0 Å². The highest BCUT2D eigenvalue weighted by Gasteiger charge is 2.16. The smallest absolute Gasteiger partial charge is 0.310 e. The molecule has 1 unspecified atom stereocenters. The van der Waals surface area contributed by atoms with Crippen LogP contribution in [0.1, 0.15) is 59.8 Å². The molecule has 19 heavy (non-hydrogen) atoms. The highest BCUT2D eigenvalue weighted by Crippen LogP contribution is 2.07. The summed E-state index contributed by atoms with van der Waals surface area (Å²) in [6.45, 7) is 10.0. The summed E-state index contributed by atoms with van der Waals surface area (Å²) < 4.78 is 16.3. The first kappa shape index (κ1) is 18.4. The molecular formula is C15H30O4. The molecule has 0 aliphatic carbocycles. The normalized spacial score (nSPS) is 12.7. The maximum atomic E-state index is 11.6. The number of esters is 1. The van der Waals surface area contributed by atoms with Crippen LogP contribution in [0.2, 0.25) is 0 Å². The maximum Gasteiger partial charge on any atom is 0.310 e. The predicted octanol–water partition coefficient (Wildman–Crippen LogP) is 3.54. The quantitative estimate of drug-likeness (QED) is 0.310. The van der Waals surface area contributed by atoms with Gasteiger partial charge in [-0.05, 0) is 18.8 Å². The van der Waals surface area contributed by atoms with Crippen LogP contribution in [0.5, 0.6) is 0 Å². The van der Waals surface area contributed by atoms with Gasteiger partial charge in [-0.15, -0.1) is 0 Å². The second kappa shape index (κ2) is 12.4. The zero-order valence-corrected chi connectivity index (χ0v) is 12.9. The molecule has 4 nitrogen and oxygen atoms in total. The molecule has 114 valence electrons. The molecule has 0 saturated heterocycles. The average molecular weight is 274 g/mol. The average Bonchev–Trinajstić information content (AvgIpc) is 2.36. The molecule has 0 aromatic heterocycles. The Morgan fingerprint density at radius 2 is 1.63 bits per heavy atom. The van der Waals surface area contributed by atoms with Crippen LogP contribution >= 0.6 is 0 Å². The van der Waals surface area contributed by atoms with Gasteiger partial charge in [0.15, 0.2) is 6.29 Å². The van der Waals surface area contributed by atoms with Crippen LogP contribution in [0, 0.1) is 5.92 Å². The first-order valence-corrected chi connectivity index (χ1v) is 7.48. The number of hydrogen-bond acceptors (Lipinski definition) is 4. The molecule has 0 saturated carbocycles. The molecule has 0 spiro atoms. The van der Waals surface area contributed by atoms with Gasteiger partial charge in [-0.3, -0.25) is 4.79 Å². The van der Waals surface area contributed by atoms with E-state index < -0.39 is 6.29 Å². The van der Waals surface area contributed by atoms with E-state index in [2.05, 4.69) is 27.7 Å². The van der Waals surface area contributed by atoms with E-state index in [9.17, 15) is 4.79 Å². The summed E-state index contributed by atoms with van der Waals surface area (Å²) in [6.07, 6.45) is 3.68. The highest BCUT2D eigenvalue weighted by molar-refractivity contribution is 5.69. The fourth-order valence-corrected chi connectivity index (χ4v) is 1.35. The number of carbonyl (C=O) groups is 1. The van der Waals surface area contributed by atoms with E-state index in [4.69, 9.17) is 14.2 Å². The molecule has 0 amide bonds. The lowest BCUT2D eigenvalue weighted by atomic mass is 10.2. The molecule has 0 aliphatic heterocycles. The molecule has 4 heteroatoms. The molecule has 1 atom stereocenters. The van der Waals surface area contributed by atoms with Gasteiger partial charge in [0.25, 0.3) is 0 Å². The minimum atomic E-state index is -0.469.